The highest BCUT2D eigenvalue weighted by atomic mass is 32.2. The van der Waals surface area contributed by atoms with Gasteiger partial charge in [-0.15, -0.1) is 11.8 Å². The van der Waals surface area contributed by atoms with Crippen LogP contribution in [0.3, 0.4) is 0 Å². The van der Waals surface area contributed by atoms with Crippen LogP contribution in [0.25, 0.3) is 0 Å². The third-order valence-electron chi connectivity index (χ3n) is 4.01. The Labute approximate surface area is 108 Å². The molecule has 1 atom stereocenters. The van der Waals surface area contributed by atoms with Crippen LogP contribution in [0.15, 0.2) is 29.2 Å². The lowest BCUT2D eigenvalue weighted by Crippen LogP contribution is -2.15. The summed E-state index contributed by atoms with van der Waals surface area (Å²) in [6.45, 7) is 1.88. The SMILES string of the molecule is c1ccc2c(c1)SCC2COCCC1CCC1. The van der Waals surface area contributed by atoms with Crippen molar-refractivity contribution in [3.05, 3.63) is 29.8 Å². The van der Waals surface area contributed by atoms with Gasteiger partial charge in [0.15, 0.2) is 0 Å². The molecule has 2 heteroatoms. The molecule has 92 valence electrons. The summed E-state index contributed by atoms with van der Waals surface area (Å²) in [4.78, 5) is 1.46. The van der Waals surface area contributed by atoms with E-state index < -0.39 is 0 Å². The van der Waals surface area contributed by atoms with Gasteiger partial charge in [0.25, 0.3) is 0 Å². The maximum Gasteiger partial charge on any atom is 0.0543 e. The van der Waals surface area contributed by atoms with Crippen LogP contribution in [0.4, 0.5) is 0 Å². The summed E-state index contributed by atoms with van der Waals surface area (Å²) in [5.74, 6) is 2.79. The first kappa shape index (κ1) is 11.6. The third kappa shape index (κ3) is 2.69. The molecule has 3 rings (SSSR count). The van der Waals surface area contributed by atoms with Gasteiger partial charge in [0, 0.05) is 23.2 Å². The number of benzene rings is 1. The van der Waals surface area contributed by atoms with Gasteiger partial charge in [-0.05, 0) is 24.0 Å². The number of fused-ring (bicyclic) bond motifs is 1. The second-order valence-corrected chi connectivity index (χ2v) is 6.27. The lowest BCUT2D eigenvalue weighted by molar-refractivity contribution is 0.0990. The molecule has 0 radical (unpaired) electrons. The van der Waals surface area contributed by atoms with E-state index in [1.807, 2.05) is 11.8 Å². The molecule has 1 aliphatic heterocycles. The standard InChI is InChI=1S/C15H20OS/c1-2-7-15-14(6-1)13(11-17-15)10-16-9-8-12-4-3-5-12/h1-2,6-7,12-13H,3-5,8-11H2. The van der Waals surface area contributed by atoms with Crippen molar-refractivity contribution in [2.75, 3.05) is 19.0 Å². The van der Waals surface area contributed by atoms with Gasteiger partial charge < -0.3 is 4.74 Å². The van der Waals surface area contributed by atoms with Gasteiger partial charge in [0.1, 0.15) is 0 Å². The highest BCUT2D eigenvalue weighted by molar-refractivity contribution is 7.99. The van der Waals surface area contributed by atoms with E-state index in [9.17, 15) is 0 Å². The first-order valence-corrected chi connectivity index (χ1v) is 7.71. The van der Waals surface area contributed by atoms with Crippen LogP contribution < -0.4 is 0 Å². The normalized spacial score (nSPS) is 23.4. The van der Waals surface area contributed by atoms with Crippen molar-refractivity contribution in [2.45, 2.75) is 36.5 Å². The third-order valence-corrected chi connectivity index (χ3v) is 5.26. The molecule has 0 saturated heterocycles. The molecule has 1 aromatic rings. The molecular formula is C15H20OS. The van der Waals surface area contributed by atoms with E-state index in [1.165, 1.54) is 41.9 Å². The Morgan fingerprint density at radius 2 is 2.12 bits per heavy atom. The van der Waals surface area contributed by atoms with E-state index in [-0.39, 0.29) is 0 Å². The van der Waals surface area contributed by atoms with Gasteiger partial charge in [-0.1, -0.05) is 37.5 Å². The average Bonchev–Trinajstić information content (AvgIpc) is 2.70. The zero-order chi connectivity index (χ0) is 11.5. The molecule has 2 aliphatic rings. The van der Waals surface area contributed by atoms with Crippen molar-refractivity contribution in [1.82, 2.24) is 0 Å². The minimum absolute atomic E-state index is 0.623. The van der Waals surface area contributed by atoms with Gasteiger partial charge in [-0.2, -0.15) is 0 Å². The molecule has 1 heterocycles. The van der Waals surface area contributed by atoms with E-state index >= 15 is 0 Å². The van der Waals surface area contributed by atoms with Crippen molar-refractivity contribution >= 4 is 11.8 Å². The van der Waals surface area contributed by atoms with E-state index in [2.05, 4.69) is 24.3 Å². The van der Waals surface area contributed by atoms with Crippen LogP contribution >= 0.6 is 11.8 Å². The Kier molecular flexibility index (Phi) is 3.72. The minimum Gasteiger partial charge on any atom is -0.381 e. The number of rotatable bonds is 5. The molecule has 1 nitrogen and oxygen atoms in total. The predicted octanol–water partition coefficient (Wildman–Crippen LogP) is 4.08. The van der Waals surface area contributed by atoms with Crippen LogP contribution in [-0.2, 0) is 4.74 Å². The molecule has 0 amide bonds. The molecule has 1 saturated carbocycles. The Morgan fingerprint density at radius 3 is 2.94 bits per heavy atom. The van der Waals surface area contributed by atoms with Crippen LogP contribution in [0.2, 0.25) is 0 Å². The van der Waals surface area contributed by atoms with Crippen molar-refractivity contribution < 1.29 is 4.74 Å². The molecule has 0 N–H and O–H groups in total. The highest BCUT2D eigenvalue weighted by Gasteiger charge is 2.23. The molecule has 1 aliphatic carbocycles. The van der Waals surface area contributed by atoms with Crippen LogP contribution in [-0.4, -0.2) is 19.0 Å². The maximum absolute atomic E-state index is 5.87. The summed E-state index contributed by atoms with van der Waals surface area (Å²) < 4.78 is 5.87. The molecule has 0 aromatic heterocycles. The summed E-state index contributed by atoms with van der Waals surface area (Å²) in [7, 11) is 0. The largest absolute Gasteiger partial charge is 0.381 e. The Morgan fingerprint density at radius 1 is 1.24 bits per heavy atom. The van der Waals surface area contributed by atoms with Crippen molar-refractivity contribution in [3.8, 4) is 0 Å². The lowest BCUT2D eigenvalue weighted by Gasteiger charge is -2.25. The molecule has 1 aromatic carbocycles. The Balaban J connectivity index is 1.43. The van der Waals surface area contributed by atoms with Gasteiger partial charge >= 0.3 is 0 Å². The zero-order valence-electron chi connectivity index (χ0n) is 10.2. The first-order chi connectivity index (χ1) is 8.43. The van der Waals surface area contributed by atoms with Crippen molar-refractivity contribution in [2.24, 2.45) is 5.92 Å². The van der Waals surface area contributed by atoms with Crippen molar-refractivity contribution in [1.29, 1.82) is 0 Å². The van der Waals surface area contributed by atoms with Crippen molar-refractivity contribution in [3.63, 3.8) is 0 Å². The van der Waals surface area contributed by atoms with Crippen LogP contribution in [0.5, 0.6) is 0 Å². The first-order valence-electron chi connectivity index (χ1n) is 6.73. The fourth-order valence-electron chi connectivity index (χ4n) is 2.62. The molecule has 0 bridgehead atoms. The molecular weight excluding hydrogens is 228 g/mol. The number of hydrogen-bond acceptors (Lipinski definition) is 2. The summed E-state index contributed by atoms with van der Waals surface area (Å²) in [5, 5.41) is 0. The smallest absolute Gasteiger partial charge is 0.0543 e. The minimum atomic E-state index is 0.623. The van der Waals surface area contributed by atoms with Gasteiger partial charge in [-0.3, -0.25) is 0 Å². The van der Waals surface area contributed by atoms with E-state index in [0.717, 1.165) is 19.1 Å². The topological polar surface area (TPSA) is 9.23 Å². The fourth-order valence-corrected chi connectivity index (χ4v) is 3.86. The summed E-state index contributed by atoms with van der Waals surface area (Å²) in [5.41, 5.74) is 1.50. The lowest BCUT2D eigenvalue weighted by atomic mass is 9.83. The van der Waals surface area contributed by atoms with E-state index in [1.54, 1.807) is 0 Å². The molecule has 0 spiro atoms. The van der Waals surface area contributed by atoms with Crippen LogP contribution in [0.1, 0.15) is 37.2 Å². The zero-order valence-corrected chi connectivity index (χ0v) is 11.0. The number of thioether (sulfide) groups is 1. The summed E-state index contributed by atoms with van der Waals surface area (Å²) in [6.07, 6.45) is 5.59. The monoisotopic (exact) mass is 248 g/mol. The van der Waals surface area contributed by atoms with E-state index in [0.29, 0.717) is 5.92 Å². The Bertz CT molecular complexity index is 373. The summed E-state index contributed by atoms with van der Waals surface area (Å²) >= 11 is 1.98. The van der Waals surface area contributed by atoms with Crippen LogP contribution in [0, 0.1) is 5.92 Å². The molecule has 1 unspecified atom stereocenters. The molecule has 17 heavy (non-hydrogen) atoms. The Hall–Kier alpha value is -0.470. The average molecular weight is 248 g/mol. The number of ether oxygens (including phenoxy) is 1. The van der Waals surface area contributed by atoms with Gasteiger partial charge in [0.05, 0.1) is 6.61 Å². The maximum atomic E-state index is 5.87. The van der Waals surface area contributed by atoms with Gasteiger partial charge in [-0.25, -0.2) is 0 Å². The van der Waals surface area contributed by atoms with E-state index in [4.69, 9.17) is 4.74 Å². The van der Waals surface area contributed by atoms with Gasteiger partial charge in [0.2, 0.25) is 0 Å². The quantitative estimate of drug-likeness (QED) is 0.726. The number of hydrogen-bond donors (Lipinski definition) is 0. The second kappa shape index (κ2) is 5.45. The highest BCUT2D eigenvalue weighted by Crippen LogP contribution is 2.39. The predicted molar refractivity (Wildman–Crippen MR) is 72.7 cm³/mol. The summed E-state index contributed by atoms with van der Waals surface area (Å²) in [6, 6.07) is 8.77. The molecule has 1 fully saturated rings. The second-order valence-electron chi connectivity index (χ2n) is 5.21. The fraction of sp³-hybridized carbons (Fsp3) is 0.600.